The van der Waals surface area contributed by atoms with Gasteiger partial charge in [0.2, 0.25) is 0 Å². The van der Waals surface area contributed by atoms with Gasteiger partial charge in [-0.15, -0.1) is 0 Å². The van der Waals surface area contributed by atoms with Gasteiger partial charge in [0.15, 0.2) is 40.5 Å². The predicted molar refractivity (Wildman–Crippen MR) is 238 cm³/mol. The monoisotopic (exact) mass is 757 g/mol. The van der Waals surface area contributed by atoms with Gasteiger partial charge in [-0.05, 0) is 84.4 Å². The number of fused-ring (bicyclic) bond motifs is 12. The first-order valence-corrected chi connectivity index (χ1v) is 20.0. The summed E-state index contributed by atoms with van der Waals surface area (Å²) in [5, 5.41) is 7.26. The van der Waals surface area contributed by atoms with Crippen LogP contribution in [0.15, 0.2) is 176 Å². The van der Waals surface area contributed by atoms with E-state index in [1.165, 1.54) is 43.6 Å². The fourth-order valence-electron chi connectivity index (χ4n) is 9.31. The second-order valence-electron chi connectivity index (χ2n) is 15.9. The lowest BCUT2D eigenvalue weighted by Crippen LogP contribution is -2.15. The molecule has 0 unspecified atom stereocenters. The Kier molecular flexibility index (Phi) is 7.20. The van der Waals surface area contributed by atoms with Crippen LogP contribution in [0, 0.1) is 0 Å². The molecule has 0 bridgehead atoms. The number of rotatable bonds is 4. The minimum Gasteiger partial charge on any atom is -0.449 e. The molecular formula is C54H35N3O2. The molecule has 5 heteroatoms. The normalized spacial score (nSPS) is 13.3. The van der Waals surface area contributed by atoms with Gasteiger partial charge in [-0.1, -0.05) is 166 Å². The first kappa shape index (κ1) is 33.5. The van der Waals surface area contributed by atoms with E-state index in [-0.39, 0.29) is 5.41 Å². The van der Waals surface area contributed by atoms with Crippen LogP contribution in [-0.2, 0) is 5.41 Å². The zero-order chi connectivity index (χ0) is 39.2. The zero-order valence-electron chi connectivity index (χ0n) is 32.4. The molecule has 0 saturated heterocycles. The summed E-state index contributed by atoms with van der Waals surface area (Å²) >= 11 is 0. The van der Waals surface area contributed by atoms with Crippen molar-refractivity contribution in [1.29, 1.82) is 0 Å². The third-order valence-corrected chi connectivity index (χ3v) is 12.2. The van der Waals surface area contributed by atoms with E-state index in [1.54, 1.807) is 0 Å². The van der Waals surface area contributed by atoms with Gasteiger partial charge in [0.25, 0.3) is 0 Å². The molecule has 1 aliphatic heterocycles. The van der Waals surface area contributed by atoms with Crippen LogP contribution < -0.4 is 9.47 Å². The summed E-state index contributed by atoms with van der Waals surface area (Å²) in [5.41, 5.74) is 9.33. The molecule has 2 aliphatic rings. The zero-order valence-corrected chi connectivity index (χ0v) is 32.4. The molecule has 59 heavy (non-hydrogen) atoms. The highest BCUT2D eigenvalue weighted by molar-refractivity contribution is 6.25. The molecule has 0 radical (unpaired) electrons. The van der Waals surface area contributed by atoms with Crippen molar-refractivity contribution in [1.82, 2.24) is 15.0 Å². The molecule has 0 saturated carbocycles. The molecule has 0 atom stereocenters. The van der Waals surface area contributed by atoms with Crippen molar-refractivity contribution in [3.63, 3.8) is 0 Å². The highest BCUT2D eigenvalue weighted by Crippen LogP contribution is 2.58. The molecular weight excluding hydrogens is 723 g/mol. The van der Waals surface area contributed by atoms with E-state index in [1.807, 2.05) is 48.5 Å². The van der Waals surface area contributed by atoms with Crippen molar-refractivity contribution in [2.45, 2.75) is 19.3 Å². The molecule has 1 aliphatic carbocycles. The lowest BCUT2D eigenvalue weighted by atomic mass is 9.82. The van der Waals surface area contributed by atoms with Gasteiger partial charge in [-0.3, -0.25) is 0 Å². The fraction of sp³-hybridized carbons (Fsp3) is 0.0556. The van der Waals surface area contributed by atoms with Crippen LogP contribution in [0.5, 0.6) is 23.0 Å². The van der Waals surface area contributed by atoms with Crippen molar-refractivity contribution in [3.8, 4) is 79.4 Å². The minimum absolute atomic E-state index is 0.150. The van der Waals surface area contributed by atoms with Crippen molar-refractivity contribution in [2.75, 3.05) is 0 Å². The third-order valence-electron chi connectivity index (χ3n) is 12.2. The van der Waals surface area contributed by atoms with Crippen LogP contribution in [0.1, 0.15) is 25.0 Å². The summed E-state index contributed by atoms with van der Waals surface area (Å²) in [6.45, 7) is 4.55. The van der Waals surface area contributed by atoms with Gasteiger partial charge in [0.05, 0.1) is 0 Å². The maximum absolute atomic E-state index is 6.86. The van der Waals surface area contributed by atoms with Gasteiger partial charge >= 0.3 is 0 Å². The largest absolute Gasteiger partial charge is 0.449 e. The molecule has 0 fully saturated rings. The van der Waals surface area contributed by atoms with Crippen molar-refractivity contribution in [3.05, 3.63) is 187 Å². The number of nitrogens with zero attached hydrogens (tertiary/aromatic N) is 3. The summed E-state index contributed by atoms with van der Waals surface area (Å²) in [5.74, 6) is 4.62. The highest BCUT2D eigenvalue weighted by atomic mass is 16.6. The van der Waals surface area contributed by atoms with Crippen LogP contribution in [0.2, 0.25) is 0 Å². The summed E-state index contributed by atoms with van der Waals surface area (Å²) < 4.78 is 13.4. The van der Waals surface area contributed by atoms with Crippen molar-refractivity contribution in [2.24, 2.45) is 0 Å². The molecule has 10 aromatic rings. The third kappa shape index (κ3) is 5.14. The number of benzene rings is 9. The highest BCUT2D eigenvalue weighted by Gasteiger charge is 2.39. The molecule has 12 rings (SSSR count). The van der Waals surface area contributed by atoms with Crippen LogP contribution in [0.3, 0.4) is 0 Å². The van der Waals surface area contributed by atoms with E-state index >= 15 is 0 Å². The summed E-state index contributed by atoms with van der Waals surface area (Å²) in [4.78, 5) is 15.5. The lowest BCUT2D eigenvalue weighted by Gasteiger charge is -2.25. The Bertz CT molecular complexity index is 3340. The van der Waals surface area contributed by atoms with E-state index in [2.05, 4.69) is 141 Å². The molecule has 0 spiro atoms. The Labute approximate surface area is 341 Å². The van der Waals surface area contributed by atoms with Crippen LogP contribution in [0.4, 0.5) is 0 Å². The average molecular weight is 758 g/mol. The van der Waals surface area contributed by atoms with Gasteiger partial charge in [0.1, 0.15) is 0 Å². The molecule has 0 amide bonds. The maximum Gasteiger partial charge on any atom is 0.178 e. The lowest BCUT2D eigenvalue weighted by molar-refractivity contribution is 0.360. The van der Waals surface area contributed by atoms with E-state index in [0.717, 1.165) is 50.3 Å². The molecule has 9 aromatic carbocycles. The van der Waals surface area contributed by atoms with Crippen LogP contribution in [-0.4, -0.2) is 15.0 Å². The number of ether oxygens (including phenoxy) is 2. The Hall–Kier alpha value is -7.63. The van der Waals surface area contributed by atoms with Gasteiger partial charge in [0, 0.05) is 27.7 Å². The fourth-order valence-corrected chi connectivity index (χ4v) is 9.31. The molecule has 5 nitrogen and oxygen atoms in total. The van der Waals surface area contributed by atoms with E-state index < -0.39 is 0 Å². The van der Waals surface area contributed by atoms with Crippen LogP contribution in [0.25, 0.3) is 88.7 Å². The Morgan fingerprint density at radius 1 is 0.356 bits per heavy atom. The Morgan fingerprint density at radius 2 is 0.915 bits per heavy atom. The standard InChI is InChI=1S/C54H35N3O2/c1-54(2)44-23-13-12-22-42(44)49-45(54)27-29-47-50(49)59-48-31-33(25-28-46(48)58-47)35-16-6-11-21-41(35)53-56-51(32-14-4-3-5-15-32)55-52(57-53)34-24-26-40-38-19-8-7-17-36(38)37-18-9-10-20-39(37)43(40)30-34/h3-31H,1-2H3. The molecule has 1 aromatic heterocycles. The second kappa shape index (κ2) is 12.7. The van der Waals surface area contributed by atoms with E-state index in [0.29, 0.717) is 29.0 Å². The molecule has 278 valence electrons. The maximum atomic E-state index is 6.86. The Balaban J connectivity index is 0.998. The van der Waals surface area contributed by atoms with E-state index in [9.17, 15) is 0 Å². The Morgan fingerprint density at radius 3 is 1.66 bits per heavy atom. The minimum atomic E-state index is -0.150. The van der Waals surface area contributed by atoms with Crippen molar-refractivity contribution >= 4 is 32.3 Å². The van der Waals surface area contributed by atoms with Gasteiger partial charge < -0.3 is 9.47 Å². The number of hydrogen-bond acceptors (Lipinski definition) is 5. The summed E-state index contributed by atoms with van der Waals surface area (Å²) in [7, 11) is 0. The average Bonchev–Trinajstić information content (AvgIpc) is 3.54. The SMILES string of the molecule is CC1(C)c2ccccc2-c2c1ccc1c2Oc2cc(-c3ccccc3-c3nc(-c4ccccc4)nc(-c4ccc5c6ccccc6c6ccccc6c5c4)n3)ccc2O1. The second-order valence-corrected chi connectivity index (χ2v) is 15.9. The smallest absolute Gasteiger partial charge is 0.178 e. The summed E-state index contributed by atoms with van der Waals surface area (Å²) in [6.07, 6.45) is 0. The molecule has 0 N–H and O–H groups in total. The predicted octanol–water partition coefficient (Wildman–Crippen LogP) is 14.2. The first-order valence-electron chi connectivity index (χ1n) is 20.0. The van der Waals surface area contributed by atoms with Crippen LogP contribution >= 0.6 is 0 Å². The van der Waals surface area contributed by atoms with Gasteiger partial charge in [-0.25, -0.2) is 15.0 Å². The number of hydrogen-bond donors (Lipinski definition) is 0. The first-order chi connectivity index (χ1) is 29.0. The van der Waals surface area contributed by atoms with E-state index in [4.69, 9.17) is 24.4 Å². The summed E-state index contributed by atoms with van der Waals surface area (Å²) in [6, 6.07) is 61.2. The van der Waals surface area contributed by atoms with Gasteiger partial charge in [-0.2, -0.15) is 0 Å². The van der Waals surface area contributed by atoms with Crippen molar-refractivity contribution < 1.29 is 9.47 Å². The quantitative estimate of drug-likeness (QED) is 0.167. The molecule has 2 heterocycles. The topological polar surface area (TPSA) is 57.1 Å². The number of aromatic nitrogens is 3.